The Morgan fingerprint density at radius 2 is 1.95 bits per heavy atom. The second-order valence-electron chi connectivity index (χ2n) is 5.46. The molecule has 2 aromatic rings. The highest BCUT2D eigenvalue weighted by Gasteiger charge is 2.11. The lowest BCUT2D eigenvalue weighted by Crippen LogP contribution is -2.04. The van der Waals surface area contributed by atoms with Gasteiger partial charge in [-0.3, -0.25) is 4.98 Å². The molecule has 0 fully saturated rings. The molecule has 1 aromatic carbocycles. The van der Waals surface area contributed by atoms with Crippen LogP contribution in [0.15, 0.2) is 30.5 Å². The summed E-state index contributed by atoms with van der Waals surface area (Å²) in [5, 5.41) is 0. The zero-order chi connectivity index (χ0) is 14.7. The first-order valence-electron chi connectivity index (χ1n) is 6.92. The minimum atomic E-state index is 0.373. The fraction of sp³-hybridized carbons (Fsp3) is 0.353. The summed E-state index contributed by atoms with van der Waals surface area (Å²) in [4.78, 5) is 4.36. The quantitative estimate of drug-likeness (QED) is 0.855. The van der Waals surface area contributed by atoms with Gasteiger partial charge in [-0.2, -0.15) is 0 Å². The lowest BCUT2D eigenvalue weighted by Gasteiger charge is -2.16. The second-order valence-corrected chi connectivity index (χ2v) is 5.46. The number of nitrogen functional groups attached to an aromatic ring is 1. The number of pyridine rings is 1. The largest absolute Gasteiger partial charge is 0.487 e. The number of hydrogen-bond acceptors (Lipinski definition) is 3. The Balaban J connectivity index is 2.25. The molecule has 0 aliphatic heterocycles. The molecule has 0 spiro atoms. The molecular formula is C17H22N2O. The van der Waals surface area contributed by atoms with Crippen molar-refractivity contribution in [3.63, 3.8) is 0 Å². The van der Waals surface area contributed by atoms with E-state index in [0.29, 0.717) is 12.5 Å². The van der Waals surface area contributed by atoms with Crippen LogP contribution in [0.25, 0.3) is 0 Å². The molecule has 0 radical (unpaired) electrons. The van der Waals surface area contributed by atoms with Crippen LogP contribution in [-0.4, -0.2) is 4.98 Å². The van der Waals surface area contributed by atoms with Crippen LogP contribution < -0.4 is 10.5 Å². The van der Waals surface area contributed by atoms with Gasteiger partial charge in [0, 0.05) is 11.9 Å². The van der Waals surface area contributed by atoms with Crippen molar-refractivity contribution in [1.82, 2.24) is 4.98 Å². The van der Waals surface area contributed by atoms with E-state index in [4.69, 9.17) is 10.5 Å². The van der Waals surface area contributed by atoms with Gasteiger partial charge in [0.15, 0.2) is 0 Å². The summed E-state index contributed by atoms with van der Waals surface area (Å²) in [5.41, 5.74) is 11.1. The van der Waals surface area contributed by atoms with Crippen molar-refractivity contribution in [3.8, 4) is 5.75 Å². The van der Waals surface area contributed by atoms with Gasteiger partial charge in [-0.25, -0.2) is 0 Å². The predicted molar refractivity (Wildman–Crippen MR) is 83.0 cm³/mol. The average molecular weight is 270 g/mol. The Hall–Kier alpha value is -2.03. The van der Waals surface area contributed by atoms with E-state index in [1.165, 1.54) is 0 Å². The zero-order valence-corrected chi connectivity index (χ0v) is 12.6. The molecule has 20 heavy (non-hydrogen) atoms. The van der Waals surface area contributed by atoms with Gasteiger partial charge in [0.1, 0.15) is 12.4 Å². The molecule has 0 saturated carbocycles. The standard InChI is InChI=1S/C17H22N2O/c1-11(2)14-9-15(18)13(4)8-17(14)20-10-16-12(3)6-5-7-19-16/h5-9,11H,10,18H2,1-4H3. The average Bonchev–Trinajstić information content (AvgIpc) is 2.41. The van der Waals surface area contributed by atoms with Gasteiger partial charge in [-0.1, -0.05) is 19.9 Å². The summed E-state index contributed by atoms with van der Waals surface area (Å²) in [7, 11) is 0. The summed E-state index contributed by atoms with van der Waals surface area (Å²) in [6.07, 6.45) is 1.79. The lowest BCUT2D eigenvalue weighted by molar-refractivity contribution is 0.296. The van der Waals surface area contributed by atoms with Gasteiger partial charge in [-0.15, -0.1) is 0 Å². The summed E-state index contributed by atoms with van der Waals surface area (Å²) >= 11 is 0. The van der Waals surface area contributed by atoms with Crippen LogP contribution in [0.5, 0.6) is 5.75 Å². The fourth-order valence-electron chi connectivity index (χ4n) is 2.11. The first-order valence-corrected chi connectivity index (χ1v) is 6.92. The number of nitrogens with zero attached hydrogens (tertiary/aromatic N) is 1. The van der Waals surface area contributed by atoms with Crippen LogP contribution in [-0.2, 0) is 6.61 Å². The number of aromatic nitrogens is 1. The molecule has 0 amide bonds. The molecule has 2 N–H and O–H groups in total. The highest BCUT2D eigenvalue weighted by atomic mass is 16.5. The second kappa shape index (κ2) is 5.95. The first kappa shape index (κ1) is 14.4. The molecule has 0 unspecified atom stereocenters. The Bertz CT molecular complexity index is 606. The normalized spacial score (nSPS) is 10.8. The number of hydrogen-bond donors (Lipinski definition) is 1. The third kappa shape index (κ3) is 3.10. The van der Waals surface area contributed by atoms with E-state index >= 15 is 0 Å². The van der Waals surface area contributed by atoms with Crippen molar-refractivity contribution < 1.29 is 4.74 Å². The topological polar surface area (TPSA) is 48.1 Å². The van der Waals surface area contributed by atoms with Crippen LogP contribution in [0.1, 0.15) is 42.1 Å². The van der Waals surface area contributed by atoms with Crippen molar-refractivity contribution in [3.05, 3.63) is 52.8 Å². The summed E-state index contributed by atoms with van der Waals surface area (Å²) in [6.45, 7) is 8.81. The van der Waals surface area contributed by atoms with Gasteiger partial charge in [0.05, 0.1) is 5.69 Å². The van der Waals surface area contributed by atoms with E-state index in [1.54, 1.807) is 6.20 Å². The molecule has 0 saturated heterocycles. The zero-order valence-electron chi connectivity index (χ0n) is 12.6. The minimum Gasteiger partial charge on any atom is -0.487 e. The molecule has 0 atom stereocenters. The van der Waals surface area contributed by atoms with Crippen molar-refractivity contribution in [2.75, 3.05) is 5.73 Å². The van der Waals surface area contributed by atoms with E-state index in [2.05, 4.69) is 18.8 Å². The SMILES string of the molecule is Cc1cc(OCc2ncccc2C)c(C(C)C)cc1N. The van der Waals surface area contributed by atoms with Crippen molar-refractivity contribution >= 4 is 5.69 Å². The van der Waals surface area contributed by atoms with Gasteiger partial charge < -0.3 is 10.5 Å². The van der Waals surface area contributed by atoms with Crippen LogP contribution in [0.2, 0.25) is 0 Å². The summed E-state index contributed by atoms with van der Waals surface area (Å²) in [6, 6.07) is 8.01. The molecular weight excluding hydrogens is 248 g/mol. The molecule has 3 nitrogen and oxygen atoms in total. The van der Waals surface area contributed by atoms with Gasteiger partial charge in [0.2, 0.25) is 0 Å². The number of benzene rings is 1. The Labute approximate surface area is 120 Å². The molecule has 0 bridgehead atoms. The highest BCUT2D eigenvalue weighted by molar-refractivity contribution is 5.55. The maximum absolute atomic E-state index is 5.99. The Morgan fingerprint density at radius 1 is 1.20 bits per heavy atom. The highest BCUT2D eigenvalue weighted by Crippen LogP contribution is 2.31. The number of aryl methyl sites for hydroxylation is 2. The molecule has 1 aromatic heterocycles. The van der Waals surface area contributed by atoms with Crippen molar-refractivity contribution in [2.24, 2.45) is 0 Å². The number of rotatable bonds is 4. The first-order chi connectivity index (χ1) is 9.49. The third-order valence-electron chi connectivity index (χ3n) is 3.50. The number of ether oxygens (including phenoxy) is 1. The van der Waals surface area contributed by atoms with E-state index in [0.717, 1.165) is 33.8 Å². The van der Waals surface area contributed by atoms with E-state index in [1.807, 2.05) is 38.1 Å². The molecule has 3 heteroatoms. The molecule has 0 aliphatic carbocycles. The molecule has 0 aliphatic rings. The van der Waals surface area contributed by atoms with Crippen LogP contribution >= 0.6 is 0 Å². The number of anilines is 1. The molecule has 1 heterocycles. The van der Waals surface area contributed by atoms with Crippen molar-refractivity contribution in [1.29, 1.82) is 0 Å². The maximum Gasteiger partial charge on any atom is 0.130 e. The smallest absolute Gasteiger partial charge is 0.130 e. The van der Waals surface area contributed by atoms with Gasteiger partial charge in [-0.05, 0) is 54.7 Å². The van der Waals surface area contributed by atoms with Crippen molar-refractivity contribution in [2.45, 2.75) is 40.2 Å². The number of nitrogens with two attached hydrogens (primary N) is 1. The van der Waals surface area contributed by atoms with Crippen LogP contribution in [0.4, 0.5) is 5.69 Å². The molecule has 106 valence electrons. The van der Waals surface area contributed by atoms with E-state index in [9.17, 15) is 0 Å². The van der Waals surface area contributed by atoms with E-state index < -0.39 is 0 Å². The monoisotopic (exact) mass is 270 g/mol. The van der Waals surface area contributed by atoms with Crippen LogP contribution in [0, 0.1) is 13.8 Å². The third-order valence-corrected chi connectivity index (χ3v) is 3.50. The lowest BCUT2D eigenvalue weighted by atomic mass is 9.99. The Kier molecular flexibility index (Phi) is 4.28. The van der Waals surface area contributed by atoms with Gasteiger partial charge >= 0.3 is 0 Å². The maximum atomic E-state index is 5.99. The van der Waals surface area contributed by atoms with Crippen LogP contribution in [0.3, 0.4) is 0 Å². The van der Waals surface area contributed by atoms with E-state index in [-0.39, 0.29) is 0 Å². The summed E-state index contributed by atoms with van der Waals surface area (Å²) in [5.74, 6) is 1.27. The fourth-order valence-corrected chi connectivity index (χ4v) is 2.11. The predicted octanol–water partition coefficient (Wildman–Crippen LogP) is 3.98. The summed E-state index contributed by atoms with van der Waals surface area (Å²) < 4.78 is 5.98. The van der Waals surface area contributed by atoms with Gasteiger partial charge in [0.25, 0.3) is 0 Å². The Morgan fingerprint density at radius 3 is 2.60 bits per heavy atom. The molecule has 2 rings (SSSR count). The minimum absolute atomic E-state index is 0.373.